The van der Waals surface area contributed by atoms with Gasteiger partial charge < -0.3 is 13.3 Å². The zero-order chi connectivity index (χ0) is 24.1. The maximum Gasteiger partial charge on any atom is 0.323 e. The SMILES string of the molecule is CCCCCCCC[Si](C)(C)O[Si](C)(C)OC(CCCCCCC)OCCCCCCBr. The van der Waals surface area contributed by atoms with E-state index in [2.05, 4.69) is 56.0 Å². The van der Waals surface area contributed by atoms with Crippen LogP contribution in [0.4, 0.5) is 0 Å². The Bertz CT molecular complexity index is 409. The van der Waals surface area contributed by atoms with E-state index >= 15 is 0 Å². The molecule has 0 bridgehead atoms. The van der Waals surface area contributed by atoms with E-state index in [0.717, 1.165) is 24.8 Å². The highest BCUT2D eigenvalue weighted by Gasteiger charge is 2.36. The highest BCUT2D eigenvalue weighted by molar-refractivity contribution is 9.09. The van der Waals surface area contributed by atoms with Gasteiger partial charge in [0.1, 0.15) is 6.29 Å². The molecule has 0 N–H and O–H groups in total. The number of halogens is 1. The van der Waals surface area contributed by atoms with Crippen molar-refractivity contribution in [2.45, 2.75) is 155 Å². The van der Waals surface area contributed by atoms with Crippen molar-refractivity contribution in [1.29, 1.82) is 0 Å². The second-order valence-electron chi connectivity index (χ2n) is 10.5. The molecule has 1 atom stereocenters. The Labute approximate surface area is 212 Å². The minimum absolute atomic E-state index is 0.0895. The van der Waals surface area contributed by atoms with Gasteiger partial charge in [0, 0.05) is 11.9 Å². The standard InChI is InChI=1S/C26H57BrO3Si2/c1-7-9-11-13-17-21-25-31(3,4)30-32(5,6)29-26(22-18-14-12-10-8-2)28-24-20-16-15-19-23-27/h26H,7-25H2,1-6H3. The van der Waals surface area contributed by atoms with Crippen LogP contribution in [0.25, 0.3) is 0 Å². The predicted molar refractivity (Wildman–Crippen MR) is 151 cm³/mol. The number of alkyl halides is 1. The van der Waals surface area contributed by atoms with E-state index in [4.69, 9.17) is 13.3 Å². The van der Waals surface area contributed by atoms with Crippen molar-refractivity contribution in [3.05, 3.63) is 0 Å². The van der Waals surface area contributed by atoms with Crippen LogP contribution >= 0.6 is 15.9 Å². The number of ether oxygens (including phenoxy) is 1. The minimum atomic E-state index is -2.21. The molecule has 0 heterocycles. The molecule has 6 heteroatoms. The lowest BCUT2D eigenvalue weighted by atomic mass is 10.1. The van der Waals surface area contributed by atoms with Gasteiger partial charge in [0.05, 0.1) is 0 Å². The Morgan fingerprint density at radius 2 is 1.19 bits per heavy atom. The van der Waals surface area contributed by atoms with E-state index in [1.807, 2.05) is 0 Å². The molecule has 0 rings (SSSR count). The van der Waals surface area contributed by atoms with Gasteiger partial charge in [0.25, 0.3) is 0 Å². The van der Waals surface area contributed by atoms with E-state index < -0.39 is 16.9 Å². The highest BCUT2D eigenvalue weighted by atomic mass is 79.9. The number of hydrogen-bond donors (Lipinski definition) is 0. The van der Waals surface area contributed by atoms with Gasteiger partial charge in [-0.3, -0.25) is 0 Å². The largest absolute Gasteiger partial charge is 0.436 e. The summed E-state index contributed by atoms with van der Waals surface area (Å²) < 4.78 is 19.6. The molecule has 0 aromatic heterocycles. The van der Waals surface area contributed by atoms with Crippen LogP contribution < -0.4 is 0 Å². The van der Waals surface area contributed by atoms with Gasteiger partial charge in [-0.05, 0) is 57.9 Å². The average molecular weight is 554 g/mol. The molecular formula is C26H57BrO3Si2. The third-order valence-corrected chi connectivity index (χ3v) is 13.1. The van der Waals surface area contributed by atoms with Crippen LogP contribution in [0.5, 0.6) is 0 Å². The predicted octanol–water partition coefficient (Wildman–Crippen LogP) is 9.95. The van der Waals surface area contributed by atoms with E-state index in [0.29, 0.717) is 0 Å². The summed E-state index contributed by atoms with van der Waals surface area (Å²) in [6.45, 7) is 14.6. The van der Waals surface area contributed by atoms with Crippen molar-refractivity contribution in [3.63, 3.8) is 0 Å². The molecule has 0 aliphatic rings. The molecule has 0 amide bonds. The molecule has 0 aliphatic heterocycles. The molecule has 0 radical (unpaired) electrons. The van der Waals surface area contributed by atoms with Crippen molar-refractivity contribution < 1.29 is 13.3 Å². The quantitative estimate of drug-likeness (QED) is 0.0515. The first kappa shape index (κ1) is 32.8. The number of unbranched alkanes of at least 4 members (excludes halogenated alkanes) is 12. The lowest BCUT2D eigenvalue weighted by Crippen LogP contribution is -2.48. The molecule has 32 heavy (non-hydrogen) atoms. The van der Waals surface area contributed by atoms with Crippen molar-refractivity contribution in [1.82, 2.24) is 0 Å². The fourth-order valence-corrected chi connectivity index (χ4v) is 12.5. The van der Waals surface area contributed by atoms with Crippen LogP contribution in [-0.4, -0.2) is 35.1 Å². The number of hydrogen-bond acceptors (Lipinski definition) is 3. The summed E-state index contributed by atoms with van der Waals surface area (Å²) in [5.74, 6) is 0. The van der Waals surface area contributed by atoms with Crippen molar-refractivity contribution in [2.24, 2.45) is 0 Å². The lowest BCUT2D eigenvalue weighted by Gasteiger charge is -2.36. The first-order valence-corrected chi connectivity index (χ1v) is 20.9. The van der Waals surface area contributed by atoms with Gasteiger partial charge in [-0.2, -0.15) is 0 Å². The van der Waals surface area contributed by atoms with Gasteiger partial charge in [-0.15, -0.1) is 0 Å². The fourth-order valence-electron chi connectivity index (χ4n) is 4.24. The van der Waals surface area contributed by atoms with E-state index in [1.165, 1.54) is 95.9 Å². The van der Waals surface area contributed by atoms with Crippen LogP contribution in [0.2, 0.25) is 32.2 Å². The topological polar surface area (TPSA) is 27.7 Å². The zero-order valence-corrected chi connectivity index (χ0v) is 26.2. The second-order valence-corrected chi connectivity index (χ2v) is 19.2. The molecule has 194 valence electrons. The Morgan fingerprint density at radius 1 is 0.656 bits per heavy atom. The lowest BCUT2D eigenvalue weighted by molar-refractivity contribution is -0.0999. The first-order chi connectivity index (χ1) is 15.3. The van der Waals surface area contributed by atoms with Crippen LogP contribution in [0.15, 0.2) is 0 Å². The zero-order valence-electron chi connectivity index (χ0n) is 22.6. The smallest absolute Gasteiger partial charge is 0.323 e. The fraction of sp³-hybridized carbons (Fsp3) is 1.00. The first-order valence-electron chi connectivity index (χ1n) is 13.8. The second kappa shape index (κ2) is 21.1. The number of rotatable bonds is 24. The third kappa shape index (κ3) is 21.3. The Balaban J connectivity index is 4.49. The summed E-state index contributed by atoms with van der Waals surface area (Å²) in [5.41, 5.74) is 0. The summed E-state index contributed by atoms with van der Waals surface area (Å²) in [6.07, 6.45) is 20.3. The van der Waals surface area contributed by atoms with Gasteiger partial charge in [-0.25, -0.2) is 0 Å². The molecule has 3 nitrogen and oxygen atoms in total. The van der Waals surface area contributed by atoms with E-state index in [-0.39, 0.29) is 6.29 Å². The summed E-state index contributed by atoms with van der Waals surface area (Å²) >= 11 is 3.52. The highest BCUT2D eigenvalue weighted by Crippen LogP contribution is 2.25. The molecule has 0 aromatic rings. The van der Waals surface area contributed by atoms with Gasteiger partial charge in [0.15, 0.2) is 8.32 Å². The Hall–Kier alpha value is 0.794. The Kier molecular flexibility index (Phi) is 21.6. The average Bonchev–Trinajstić information content (AvgIpc) is 2.71. The summed E-state index contributed by atoms with van der Waals surface area (Å²) in [6, 6.07) is 1.25. The van der Waals surface area contributed by atoms with Gasteiger partial charge in [-0.1, -0.05) is 107 Å². The third-order valence-electron chi connectivity index (χ3n) is 5.94. The molecule has 0 saturated carbocycles. The molecule has 0 saturated heterocycles. The van der Waals surface area contributed by atoms with Crippen LogP contribution in [0, 0.1) is 0 Å². The van der Waals surface area contributed by atoms with Gasteiger partial charge in [0.2, 0.25) is 0 Å². The maximum atomic E-state index is 6.76. The van der Waals surface area contributed by atoms with Crippen molar-refractivity contribution in [2.75, 3.05) is 11.9 Å². The summed E-state index contributed by atoms with van der Waals surface area (Å²) in [5, 5.41) is 1.10. The molecule has 0 spiro atoms. The van der Waals surface area contributed by atoms with E-state index in [9.17, 15) is 0 Å². The van der Waals surface area contributed by atoms with Crippen LogP contribution in [-0.2, 0) is 13.3 Å². The maximum absolute atomic E-state index is 6.76. The summed E-state index contributed by atoms with van der Waals surface area (Å²) in [7, 11) is -3.91. The Morgan fingerprint density at radius 3 is 1.81 bits per heavy atom. The molecule has 1 unspecified atom stereocenters. The van der Waals surface area contributed by atoms with Crippen molar-refractivity contribution >= 4 is 32.8 Å². The van der Waals surface area contributed by atoms with Crippen molar-refractivity contribution in [3.8, 4) is 0 Å². The molecule has 0 fully saturated rings. The molecule has 0 aliphatic carbocycles. The summed E-state index contributed by atoms with van der Waals surface area (Å²) in [4.78, 5) is 0. The van der Waals surface area contributed by atoms with E-state index in [1.54, 1.807) is 0 Å². The minimum Gasteiger partial charge on any atom is -0.436 e. The monoisotopic (exact) mass is 552 g/mol. The van der Waals surface area contributed by atoms with Crippen LogP contribution in [0.3, 0.4) is 0 Å². The van der Waals surface area contributed by atoms with Gasteiger partial charge >= 0.3 is 8.56 Å². The molecular weight excluding hydrogens is 496 g/mol. The molecule has 0 aromatic carbocycles. The van der Waals surface area contributed by atoms with Crippen LogP contribution in [0.1, 0.15) is 117 Å². The normalized spacial score (nSPS) is 13.6.